The van der Waals surface area contributed by atoms with E-state index in [0.29, 0.717) is 23.5 Å². The van der Waals surface area contributed by atoms with Crippen LogP contribution >= 0.6 is 0 Å². The maximum Gasteiger partial charge on any atom is 0.254 e. The normalized spacial score (nSPS) is 15.4. The smallest absolute Gasteiger partial charge is 0.254 e. The highest BCUT2D eigenvalue weighted by atomic mass is 16.1. The number of primary amides is 1. The van der Waals surface area contributed by atoms with Crippen LogP contribution in [0.15, 0.2) is 41.8 Å². The van der Waals surface area contributed by atoms with E-state index in [2.05, 4.69) is 30.5 Å². The molecule has 10 heteroatoms. The molecule has 1 aromatic carbocycles. The fourth-order valence-electron chi connectivity index (χ4n) is 3.21. The van der Waals surface area contributed by atoms with Crippen LogP contribution in [0.3, 0.4) is 0 Å². The van der Waals surface area contributed by atoms with E-state index in [1.54, 1.807) is 12.4 Å². The van der Waals surface area contributed by atoms with Gasteiger partial charge in [0.1, 0.15) is 11.4 Å². The van der Waals surface area contributed by atoms with Gasteiger partial charge in [0, 0.05) is 11.9 Å². The van der Waals surface area contributed by atoms with Gasteiger partial charge in [0.25, 0.3) is 11.9 Å². The molecule has 1 amide bonds. The number of rotatable bonds is 5. The minimum atomic E-state index is -0.650. The zero-order chi connectivity index (χ0) is 21.1. The van der Waals surface area contributed by atoms with Crippen molar-refractivity contribution in [3.8, 4) is 5.69 Å². The average Bonchev–Trinajstić information content (AvgIpc) is 3.26. The Balaban J connectivity index is 1.69. The first-order valence-electron chi connectivity index (χ1n) is 9.58. The van der Waals surface area contributed by atoms with Gasteiger partial charge in [-0.2, -0.15) is 20.0 Å². The monoisotopic (exact) mass is 403 g/mol. The molecular weight excluding hydrogens is 382 g/mol. The van der Waals surface area contributed by atoms with Crippen LogP contribution in [0.25, 0.3) is 5.69 Å². The fraction of sp³-hybridized carbons (Fsp3) is 0.250. The van der Waals surface area contributed by atoms with Gasteiger partial charge in [0.15, 0.2) is 0 Å². The largest absolute Gasteiger partial charge is 0.365 e. The molecule has 4 N–H and O–H groups in total. The molecule has 0 saturated heterocycles. The number of aromatic nitrogens is 5. The van der Waals surface area contributed by atoms with Crippen molar-refractivity contribution in [2.45, 2.75) is 32.6 Å². The molecule has 4 rings (SSSR count). The van der Waals surface area contributed by atoms with Gasteiger partial charge >= 0.3 is 0 Å². The van der Waals surface area contributed by atoms with E-state index in [1.165, 1.54) is 11.0 Å². The molecule has 2 heterocycles. The summed E-state index contributed by atoms with van der Waals surface area (Å²) in [4.78, 5) is 26.4. The lowest BCUT2D eigenvalue weighted by atomic mass is 9.96. The number of hydrogen-bond donors (Lipinski definition) is 3. The number of amides is 1. The van der Waals surface area contributed by atoms with Gasteiger partial charge in [-0.25, -0.2) is 9.98 Å². The summed E-state index contributed by atoms with van der Waals surface area (Å²) in [7, 11) is 0. The fourth-order valence-corrected chi connectivity index (χ4v) is 3.21. The lowest BCUT2D eigenvalue weighted by Gasteiger charge is -2.14. The lowest BCUT2D eigenvalue weighted by Crippen LogP contribution is -2.18. The molecule has 0 spiro atoms. The van der Waals surface area contributed by atoms with Crippen LogP contribution in [0, 0.1) is 12.3 Å². The van der Waals surface area contributed by atoms with E-state index in [1.807, 2.05) is 25.1 Å². The summed E-state index contributed by atoms with van der Waals surface area (Å²) >= 11 is 0. The van der Waals surface area contributed by atoms with E-state index in [9.17, 15) is 4.79 Å². The van der Waals surface area contributed by atoms with Crippen LogP contribution in [0.4, 0.5) is 17.5 Å². The second kappa shape index (κ2) is 8.19. The number of aryl methyl sites for hydroxylation is 1. The van der Waals surface area contributed by atoms with Crippen LogP contribution in [-0.4, -0.2) is 42.3 Å². The maximum atomic E-state index is 11.9. The van der Waals surface area contributed by atoms with E-state index in [4.69, 9.17) is 11.1 Å². The number of hydrogen-bond acceptors (Lipinski definition) is 8. The molecular formula is C20H21N9O. The first-order chi connectivity index (χ1) is 14.5. The number of anilines is 2. The Morgan fingerprint density at radius 3 is 2.73 bits per heavy atom. The number of carbonyl (C=O) groups is 1. The third-order valence-corrected chi connectivity index (χ3v) is 4.82. The van der Waals surface area contributed by atoms with Gasteiger partial charge in [-0.15, -0.1) is 0 Å². The van der Waals surface area contributed by atoms with Crippen molar-refractivity contribution in [2.24, 2.45) is 10.7 Å². The summed E-state index contributed by atoms with van der Waals surface area (Å²) in [5.41, 5.74) is 9.29. The van der Waals surface area contributed by atoms with Crippen LogP contribution < -0.4 is 11.1 Å². The first kappa shape index (κ1) is 19.4. The molecule has 3 aromatic rings. The second-order valence-corrected chi connectivity index (χ2v) is 6.99. The molecule has 1 aliphatic carbocycles. The van der Waals surface area contributed by atoms with Gasteiger partial charge in [-0.05, 0) is 50.3 Å². The Hall–Kier alpha value is -3.95. The Bertz CT molecular complexity index is 1140. The number of nitrogens with one attached hydrogen (secondary N) is 2. The van der Waals surface area contributed by atoms with E-state index < -0.39 is 5.91 Å². The van der Waals surface area contributed by atoms with Crippen molar-refractivity contribution in [1.29, 1.82) is 5.41 Å². The summed E-state index contributed by atoms with van der Waals surface area (Å²) in [5.74, 6) is -0.212. The van der Waals surface area contributed by atoms with Crippen molar-refractivity contribution in [1.82, 2.24) is 25.0 Å². The third-order valence-electron chi connectivity index (χ3n) is 4.82. The molecule has 30 heavy (non-hydrogen) atoms. The Morgan fingerprint density at radius 1 is 1.23 bits per heavy atom. The van der Waals surface area contributed by atoms with E-state index >= 15 is 0 Å². The molecule has 1 fully saturated rings. The van der Waals surface area contributed by atoms with Gasteiger partial charge in [-0.3, -0.25) is 4.79 Å². The average molecular weight is 403 g/mol. The van der Waals surface area contributed by atoms with Crippen LogP contribution in [0.1, 0.15) is 41.6 Å². The Kier molecular flexibility index (Phi) is 5.29. The zero-order valence-corrected chi connectivity index (χ0v) is 16.5. The molecule has 0 radical (unpaired) electrons. The molecule has 0 unspecified atom stereocenters. The van der Waals surface area contributed by atoms with Gasteiger partial charge in [0.05, 0.1) is 29.5 Å². The summed E-state index contributed by atoms with van der Waals surface area (Å²) < 4.78 is 0. The van der Waals surface area contributed by atoms with Crippen LogP contribution in [0.5, 0.6) is 0 Å². The van der Waals surface area contributed by atoms with Crippen molar-refractivity contribution in [2.75, 3.05) is 5.32 Å². The number of nitrogens with two attached hydrogens (primary N) is 1. The van der Waals surface area contributed by atoms with Crippen LogP contribution in [-0.2, 0) is 0 Å². The third kappa shape index (κ3) is 4.07. The summed E-state index contributed by atoms with van der Waals surface area (Å²) in [6, 6.07) is 5.62. The Morgan fingerprint density at radius 2 is 2.00 bits per heavy atom. The maximum absolute atomic E-state index is 11.9. The molecule has 152 valence electrons. The molecule has 2 aromatic heterocycles. The quantitative estimate of drug-likeness (QED) is 0.596. The number of benzene rings is 1. The molecule has 0 bridgehead atoms. The summed E-state index contributed by atoms with van der Waals surface area (Å²) in [5, 5.41) is 19.5. The SMILES string of the molecule is Cc1ccc(Nc2nc(/N=C3\CCCCC3=N)ncc2C(N)=O)cc1-n1nccn1. The van der Waals surface area contributed by atoms with Crippen molar-refractivity contribution >= 4 is 34.8 Å². The minimum absolute atomic E-state index is 0.150. The highest BCUT2D eigenvalue weighted by Gasteiger charge is 2.16. The van der Waals surface area contributed by atoms with Crippen LogP contribution in [0.2, 0.25) is 0 Å². The summed E-state index contributed by atoms with van der Waals surface area (Å²) in [6.07, 6.45) is 7.96. The topological polar surface area (TPSA) is 148 Å². The number of carbonyl (C=O) groups excluding carboxylic acids is 1. The first-order valence-corrected chi connectivity index (χ1v) is 9.58. The second-order valence-electron chi connectivity index (χ2n) is 6.99. The predicted octanol–water partition coefficient (Wildman–Crippen LogP) is 2.87. The standard InChI is InChI=1S/C20H21N9O/c1-12-6-7-13(10-17(12)29-24-8-9-25-29)26-19-14(18(22)30)11-23-20(28-19)27-16-5-3-2-4-15(16)21/h6-11,21H,2-5H2,1H3,(H2,22,30)(H,23,26,28)/b21-15?,27-16+. The van der Waals surface area contributed by atoms with Crippen molar-refractivity contribution in [3.63, 3.8) is 0 Å². The number of aliphatic imine (C=N–C) groups is 1. The zero-order valence-electron chi connectivity index (χ0n) is 16.5. The van der Waals surface area contributed by atoms with Crippen molar-refractivity contribution in [3.05, 3.63) is 47.9 Å². The lowest BCUT2D eigenvalue weighted by molar-refractivity contribution is 0.100. The predicted molar refractivity (Wildman–Crippen MR) is 113 cm³/mol. The molecule has 1 saturated carbocycles. The van der Waals surface area contributed by atoms with Gasteiger partial charge in [-0.1, -0.05) is 6.07 Å². The highest BCUT2D eigenvalue weighted by Crippen LogP contribution is 2.24. The number of nitrogens with zero attached hydrogens (tertiary/aromatic N) is 6. The molecule has 10 nitrogen and oxygen atoms in total. The van der Waals surface area contributed by atoms with Crippen molar-refractivity contribution < 1.29 is 4.79 Å². The molecule has 1 aliphatic rings. The van der Waals surface area contributed by atoms with Gasteiger partial charge in [0.2, 0.25) is 0 Å². The summed E-state index contributed by atoms with van der Waals surface area (Å²) in [6.45, 7) is 1.95. The minimum Gasteiger partial charge on any atom is -0.365 e. The highest BCUT2D eigenvalue weighted by molar-refractivity contribution is 6.42. The van der Waals surface area contributed by atoms with Gasteiger partial charge < -0.3 is 16.5 Å². The molecule has 0 aliphatic heterocycles. The molecule has 0 atom stereocenters. The Labute approximate surface area is 172 Å². The van der Waals surface area contributed by atoms with E-state index in [0.717, 1.165) is 30.5 Å². The van der Waals surface area contributed by atoms with E-state index in [-0.39, 0.29) is 17.3 Å².